The Hall–Kier alpha value is -1.09. The zero-order valence-electron chi connectivity index (χ0n) is 9.66. The maximum absolute atomic E-state index is 11.9. The summed E-state index contributed by atoms with van der Waals surface area (Å²) in [5.74, 6) is 0.0572. The second kappa shape index (κ2) is 2.73. The van der Waals surface area contributed by atoms with Crippen LogP contribution in [0.25, 0.3) is 0 Å². The summed E-state index contributed by atoms with van der Waals surface area (Å²) in [5.41, 5.74) is 0.432. The molecule has 82 valence electrons. The molecule has 2 aliphatic rings. The van der Waals surface area contributed by atoms with Crippen LogP contribution in [0.15, 0.2) is 23.4 Å². The Morgan fingerprint density at radius 1 is 1.40 bits per heavy atom. The van der Waals surface area contributed by atoms with E-state index in [1.165, 1.54) is 0 Å². The van der Waals surface area contributed by atoms with Gasteiger partial charge in [0.05, 0.1) is 5.60 Å². The molecule has 0 unspecified atom stereocenters. The summed E-state index contributed by atoms with van der Waals surface area (Å²) < 4.78 is 0. The van der Waals surface area contributed by atoms with Gasteiger partial charge in [-0.3, -0.25) is 4.79 Å². The highest BCUT2D eigenvalue weighted by Crippen LogP contribution is 2.40. The standard InChI is InChI=1S/C12H17NO2/c1-8-5-9-6-12(4,15)7-11(2,3)13(9)10(8)14/h5-6,15H,7H2,1-4H3/t12-/m0/s1. The van der Waals surface area contributed by atoms with Crippen molar-refractivity contribution in [1.29, 1.82) is 0 Å². The Labute approximate surface area is 90.1 Å². The van der Waals surface area contributed by atoms with Gasteiger partial charge in [0.1, 0.15) is 0 Å². The van der Waals surface area contributed by atoms with Crippen LogP contribution in [0.4, 0.5) is 0 Å². The predicted octanol–water partition coefficient (Wildman–Crippen LogP) is 1.59. The molecule has 2 heterocycles. The molecule has 0 bridgehead atoms. The first kappa shape index (κ1) is 10.4. The second-order valence-corrected chi connectivity index (χ2v) is 5.38. The molecule has 0 aromatic rings. The van der Waals surface area contributed by atoms with Crippen molar-refractivity contribution in [3.8, 4) is 0 Å². The summed E-state index contributed by atoms with van der Waals surface area (Å²) in [5, 5.41) is 10.1. The summed E-state index contributed by atoms with van der Waals surface area (Å²) in [6, 6.07) is 0. The van der Waals surface area contributed by atoms with Gasteiger partial charge in [-0.15, -0.1) is 0 Å². The van der Waals surface area contributed by atoms with Crippen molar-refractivity contribution in [2.45, 2.75) is 45.3 Å². The Bertz CT molecular complexity index is 388. The Morgan fingerprint density at radius 2 is 2.00 bits per heavy atom. The van der Waals surface area contributed by atoms with Crippen molar-refractivity contribution < 1.29 is 9.90 Å². The number of hydrogen-bond acceptors (Lipinski definition) is 2. The minimum absolute atomic E-state index is 0.0572. The number of amides is 1. The van der Waals surface area contributed by atoms with E-state index in [-0.39, 0.29) is 11.4 Å². The zero-order valence-corrected chi connectivity index (χ0v) is 9.66. The summed E-state index contributed by atoms with van der Waals surface area (Å²) in [6.45, 7) is 7.56. The van der Waals surface area contributed by atoms with Crippen LogP contribution < -0.4 is 0 Å². The molecule has 1 N–H and O–H groups in total. The number of rotatable bonds is 0. The SMILES string of the molecule is CC1=CC2=C[C@](C)(O)CC(C)(C)N2C1=O. The van der Waals surface area contributed by atoms with Gasteiger partial charge < -0.3 is 10.0 Å². The third-order valence-electron chi connectivity index (χ3n) is 3.02. The van der Waals surface area contributed by atoms with Crippen molar-refractivity contribution in [3.63, 3.8) is 0 Å². The molecular weight excluding hydrogens is 190 g/mol. The summed E-state index contributed by atoms with van der Waals surface area (Å²) in [4.78, 5) is 13.7. The molecule has 3 heteroatoms. The van der Waals surface area contributed by atoms with Crippen LogP contribution in [0.3, 0.4) is 0 Å². The zero-order chi connectivity index (χ0) is 11.4. The molecule has 1 amide bonds. The maximum Gasteiger partial charge on any atom is 0.254 e. The number of carbonyl (C=O) groups excluding carboxylic acids is 1. The van der Waals surface area contributed by atoms with Crippen LogP contribution in [0.2, 0.25) is 0 Å². The lowest BCUT2D eigenvalue weighted by Crippen LogP contribution is -2.52. The molecule has 0 aliphatic carbocycles. The average Bonchev–Trinajstić information content (AvgIpc) is 2.22. The number of hydrogen-bond donors (Lipinski definition) is 1. The number of fused-ring (bicyclic) bond motifs is 1. The quantitative estimate of drug-likeness (QED) is 0.655. The molecule has 0 fully saturated rings. The molecular formula is C12H17NO2. The fraction of sp³-hybridized carbons (Fsp3) is 0.583. The molecule has 15 heavy (non-hydrogen) atoms. The number of allylic oxidation sites excluding steroid dienone is 1. The van der Waals surface area contributed by atoms with Gasteiger partial charge in [-0.05, 0) is 39.8 Å². The van der Waals surface area contributed by atoms with Crippen LogP contribution >= 0.6 is 0 Å². The Kier molecular flexibility index (Phi) is 1.90. The lowest BCUT2D eigenvalue weighted by Gasteiger charge is -2.44. The van der Waals surface area contributed by atoms with E-state index >= 15 is 0 Å². The lowest BCUT2D eigenvalue weighted by atomic mass is 9.82. The normalized spacial score (nSPS) is 33.7. The predicted molar refractivity (Wildman–Crippen MR) is 58.0 cm³/mol. The van der Waals surface area contributed by atoms with E-state index in [0.717, 1.165) is 11.3 Å². The van der Waals surface area contributed by atoms with E-state index in [0.29, 0.717) is 6.42 Å². The molecule has 3 nitrogen and oxygen atoms in total. The average molecular weight is 207 g/mol. The van der Waals surface area contributed by atoms with Gasteiger partial charge in [-0.25, -0.2) is 0 Å². The van der Waals surface area contributed by atoms with E-state index < -0.39 is 5.60 Å². The highest BCUT2D eigenvalue weighted by molar-refractivity contribution is 5.99. The van der Waals surface area contributed by atoms with Gasteiger partial charge >= 0.3 is 0 Å². The molecule has 0 aromatic carbocycles. The first-order chi connectivity index (χ1) is 6.73. The minimum atomic E-state index is -0.823. The van der Waals surface area contributed by atoms with E-state index in [9.17, 15) is 9.90 Å². The summed E-state index contributed by atoms with van der Waals surface area (Å²) in [6.07, 6.45) is 4.18. The first-order valence-corrected chi connectivity index (χ1v) is 5.21. The highest BCUT2D eigenvalue weighted by atomic mass is 16.3. The van der Waals surface area contributed by atoms with Crippen LogP contribution in [0.1, 0.15) is 34.1 Å². The van der Waals surface area contributed by atoms with Crippen molar-refractivity contribution >= 4 is 5.91 Å². The van der Waals surface area contributed by atoms with E-state index in [2.05, 4.69) is 0 Å². The van der Waals surface area contributed by atoms with Gasteiger partial charge in [0.15, 0.2) is 0 Å². The Morgan fingerprint density at radius 3 is 2.60 bits per heavy atom. The third-order valence-corrected chi connectivity index (χ3v) is 3.02. The first-order valence-electron chi connectivity index (χ1n) is 5.21. The van der Waals surface area contributed by atoms with Crippen molar-refractivity contribution in [3.05, 3.63) is 23.4 Å². The van der Waals surface area contributed by atoms with E-state index in [1.807, 2.05) is 26.8 Å². The minimum Gasteiger partial charge on any atom is -0.386 e. The van der Waals surface area contributed by atoms with E-state index in [4.69, 9.17) is 0 Å². The van der Waals surface area contributed by atoms with Crippen LogP contribution in [0, 0.1) is 0 Å². The van der Waals surface area contributed by atoms with Crippen molar-refractivity contribution in [1.82, 2.24) is 4.90 Å². The van der Waals surface area contributed by atoms with Gasteiger partial charge in [0.25, 0.3) is 5.91 Å². The molecule has 0 saturated carbocycles. The van der Waals surface area contributed by atoms with Gasteiger partial charge in [-0.2, -0.15) is 0 Å². The lowest BCUT2D eigenvalue weighted by molar-refractivity contribution is -0.130. The van der Waals surface area contributed by atoms with Crippen LogP contribution in [0.5, 0.6) is 0 Å². The number of nitrogens with zero attached hydrogens (tertiary/aromatic N) is 1. The van der Waals surface area contributed by atoms with E-state index in [1.54, 1.807) is 17.9 Å². The van der Waals surface area contributed by atoms with Gasteiger partial charge in [0, 0.05) is 23.2 Å². The van der Waals surface area contributed by atoms with Crippen molar-refractivity contribution in [2.75, 3.05) is 0 Å². The maximum atomic E-state index is 11.9. The molecule has 0 saturated heterocycles. The fourth-order valence-corrected chi connectivity index (χ4v) is 2.70. The second-order valence-electron chi connectivity index (χ2n) is 5.38. The summed E-state index contributed by atoms with van der Waals surface area (Å²) >= 11 is 0. The fourth-order valence-electron chi connectivity index (χ4n) is 2.70. The van der Waals surface area contributed by atoms with Crippen molar-refractivity contribution in [2.24, 2.45) is 0 Å². The molecule has 0 spiro atoms. The van der Waals surface area contributed by atoms with Crippen LogP contribution in [-0.2, 0) is 4.79 Å². The van der Waals surface area contributed by atoms with Gasteiger partial charge in [0.2, 0.25) is 0 Å². The topological polar surface area (TPSA) is 40.5 Å². The largest absolute Gasteiger partial charge is 0.386 e. The monoisotopic (exact) mass is 207 g/mol. The number of carbonyl (C=O) groups is 1. The molecule has 2 rings (SSSR count). The Balaban J connectivity index is 2.52. The molecule has 0 aromatic heterocycles. The van der Waals surface area contributed by atoms with Gasteiger partial charge in [-0.1, -0.05) is 0 Å². The summed E-state index contributed by atoms with van der Waals surface area (Å²) in [7, 11) is 0. The highest BCUT2D eigenvalue weighted by Gasteiger charge is 2.45. The molecule has 2 aliphatic heterocycles. The third kappa shape index (κ3) is 1.51. The molecule has 0 radical (unpaired) electrons. The smallest absolute Gasteiger partial charge is 0.254 e. The van der Waals surface area contributed by atoms with Crippen LogP contribution in [-0.4, -0.2) is 27.1 Å². The molecule has 1 atom stereocenters. The number of aliphatic hydroxyl groups is 1.